The van der Waals surface area contributed by atoms with E-state index in [0.29, 0.717) is 24.9 Å². The third-order valence-corrected chi connectivity index (χ3v) is 7.28. The third kappa shape index (κ3) is 5.30. The molecule has 1 saturated heterocycles. The minimum atomic E-state index is 0.0827. The molecule has 0 aliphatic carbocycles. The first-order valence-electron chi connectivity index (χ1n) is 11.6. The summed E-state index contributed by atoms with van der Waals surface area (Å²) in [5.41, 5.74) is 2.64. The number of hydrogen-bond acceptors (Lipinski definition) is 3. The molecule has 0 radical (unpaired) electrons. The van der Waals surface area contributed by atoms with E-state index in [1.54, 1.807) is 7.11 Å². The first kappa shape index (κ1) is 23.3. The lowest BCUT2D eigenvalue weighted by atomic mass is 9.63. The van der Waals surface area contributed by atoms with Crippen LogP contribution in [0, 0.1) is 5.92 Å². The standard InChI is InChI=1S/C27H38N2O2/c1-6-26(30)29(20-23-12-14-25(31-5)15-13-23)17-16-27(24-10-8-7-9-11-24)18-22(3)28(4)19-21(27)2/h7-15,21-22H,6,16-20H2,1-5H3/t21-,22-,27+/m1/s1. The Bertz CT molecular complexity index is 836. The summed E-state index contributed by atoms with van der Waals surface area (Å²) in [6.45, 7) is 9.16. The summed E-state index contributed by atoms with van der Waals surface area (Å²) in [6.07, 6.45) is 2.63. The van der Waals surface area contributed by atoms with Gasteiger partial charge in [0.25, 0.3) is 0 Å². The largest absolute Gasteiger partial charge is 0.497 e. The van der Waals surface area contributed by atoms with Crippen LogP contribution in [0.1, 0.15) is 51.2 Å². The first-order valence-corrected chi connectivity index (χ1v) is 11.6. The number of ether oxygens (including phenoxy) is 1. The number of amides is 1. The fourth-order valence-electron chi connectivity index (χ4n) is 5.14. The first-order chi connectivity index (χ1) is 14.9. The number of benzene rings is 2. The highest BCUT2D eigenvalue weighted by Gasteiger charge is 2.43. The van der Waals surface area contributed by atoms with E-state index < -0.39 is 0 Å². The minimum absolute atomic E-state index is 0.0827. The molecule has 168 valence electrons. The molecule has 3 atom stereocenters. The Balaban J connectivity index is 1.84. The van der Waals surface area contributed by atoms with E-state index in [1.165, 1.54) is 5.56 Å². The van der Waals surface area contributed by atoms with Gasteiger partial charge in [0, 0.05) is 37.5 Å². The molecule has 1 heterocycles. The molecule has 0 bridgehead atoms. The quantitative estimate of drug-likeness (QED) is 0.592. The molecule has 3 rings (SSSR count). The Hall–Kier alpha value is -2.33. The maximum atomic E-state index is 12.8. The summed E-state index contributed by atoms with van der Waals surface area (Å²) >= 11 is 0. The summed E-state index contributed by atoms with van der Waals surface area (Å²) in [4.78, 5) is 17.4. The Morgan fingerprint density at radius 3 is 2.42 bits per heavy atom. The fourth-order valence-corrected chi connectivity index (χ4v) is 5.14. The van der Waals surface area contributed by atoms with Crippen molar-refractivity contribution < 1.29 is 9.53 Å². The third-order valence-electron chi connectivity index (χ3n) is 7.28. The number of carbonyl (C=O) groups is 1. The summed E-state index contributed by atoms with van der Waals surface area (Å²) in [6, 6.07) is 19.5. The number of rotatable bonds is 8. The summed E-state index contributed by atoms with van der Waals surface area (Å²) in [7, 11) is 3.90. The van der Waals surface area contributed by atoms with Gasteiger partial charge in [-0.15, -0.1) is 0 Å². The van der Waals surface area contributed by atoms with Gasteiger partial charge < -0.3 is 14.5 Å². The zero-order chi connectivity index (χ0) is 22.4. The Morgan fingerprint density at radius 2 is 1.81 bits per heavy atom. The average Bonchev–Trinajstić information content (AvgIpc) is 2.80. The van der Waals surface area contributed by atoms with E-state index in [-0.39, 0.29) is 11.3 Å². The maximum Gasteiger partial charge on any atom is 0.222 e. The van der Waals surface area contributed by atoms with Gasteiger partial charge in [-0.2, -0.15) is 0 Å². The molecule has 0 saturated carbocycles. The van der Waals surface area contributed by atoms with Crippen molar-refractivity contribution in [1.82, 2.24) is 9.80 Å². The van der Waals surface area contributed by atoms with Crippen LogP contribution in [0.3, 0.4) is 0 Å². The molecule has 0 aromatic heterocycles. The van der Waals surface area contributed by atoms with Gasteiger partial charge in [0.2, 0.25) is 5.91 Å². The number of hydrogen-bond donors (Lipinski definition) is 0. The van der Waals surface area contributed by atoms with Gasteiger partial charge in [0.15, 0.2) is 0 Å². The predicted octanol–water partition coefficient (Wildman–Crippen LogP) is 5.12. The highest BCUT2D eigenvalue weighted by Crippen LogP contribution is 2.44. The zero-order valence-corrected chi connectivity index (χ0v) is 19.8. The van der Waals surface area contributed by atoms with E-state index in [2.05, 4.69) is 68.3 Å². The van der Waals surface area contributed by atoms with Gasteiger partial charge in [0.05, 0.1) is 7.11 Å². The Labute approximate surface area is 188 Å². The summed E-state index contributed by atoms with van der Waals surface area (Å²) in [5.74, 6) is 1.58. The lowest BCUT2D eigenvalue weighted by molar-refractivity contribution is -0.131. The van der Waals surface area contributed by atoms with E-state index in [0.717, 1.165) is 37.2 Å². The van der Waals surface area contributed by atoms with Crippen LogP contribution in [0.4, 0.5) is 0 Å². The Kier molecular flexibility index (Phi) is 7.77. The predicted molar refractivity (Wildman–Crippen MR) is 127 cm³/mol. The molecule has 1 aliphatic heterocycles. The molecule has 2 aromatic carbocycles. The van der Waals surface area contributed by atoms with Gasteiger partial charge in [-0.1, -0.05) is 56.3 Å². The normalized spacial score (nSPS) is 24.0. The topological polar surface area (TPSA) is 32.8 Å². The second-order valence-corrected chi connectivity index (χ2v) is 9.18. The fraction of sp³-hybridized carbons (Fsp3) is 0.519. The minimum Gasteiger partial charge on any atom is -0.497 e. The second kappa shape index (κ2) is 10.3. The molecular formula is C27H38N2O2. The zero-order valence-electron chi connectivity index (χ0n) is 19.8. The summed E-state index contributed by atoms with van der Waals surface area (Å²) < 4.78 is 5.28. The molecule has 1 aliphatic rings. The number of piperidine rings is 1. The molecule has 4 heteroatoms. The number of nitrogens with zero attached hydrogens (tertiary/aromatic N) is 2. The van der Waals surface area contributed by atoms with Crippen molar-refractivity contribution in [2.24, 2.45) is 5.92 Å². The van der Waals surface area contributed by atoms with Gasteiger partial charge in [0.1, 0.15) is 5.75 Å². The molecular weight excluding hydrogens is 384 g/mol. The molecule has 1 amide bonds. The van der Waals surface area contributed by atoms with Crippen LogP contribution in [-0.2, 0) is 16.8 Å². The molecule has 0 N–H and O–H groups in total. The van der Waals surface area contributed by atoms with Crippen LogP contribution < -0.4 is 4.74 Å². The van der Waals surface area contributed by atoms with Gasteiger partial charge in [-0.05, 0) is 56.0 Å². The second-order valence-electron chi connectivity index (χ2n) is 9.18. The highest BCUT2D eigenvalue weighted by atomic mass is 16.5. The van der Waals surface area contributed by atoms with Crippen molar-refractivity contribution in [1.29, 1.82) is 0 Å². The van der Waals surface area contributed by atoms with E-state index in [9.17, 15) is 4.79 Å². The van der Waals surface area contributed by atoms with Crippen LogP contribution in [0.15, 0.2) is 54.6 Å². The molecule has 2 aromatic rings. The van der Waals surface area contributed by atoms with Crippen LogP contribution in [0.5, 0.6) is 5.75 Å². The molecule has 0 spiro atoms. The van der Waals surface area contributed by atoms with Crippen molar-refractivity contribution in [3.63, 3.8) is 0 Å². The molecule has 0 unspecified atom stereocenters. The van der Waals surface area contributed by atoms with Crippen molar-refractivity contribution in [3.8, 4) is 5.75 Å². The van der Waals surface area contributed by atoms with Gasteiger partial charge in [-0.3, -0.25) is 4.79 Å². The SMILES string of the molecule is CCC(=O)N(CC[C@]1(c2ccccc2)C[C@@H](C)N(C)C[C@H]1C)Cc1ccc(OC)cc1. The van der Waals surface area contributed by atoms with Gasteiger partial charge >= 0.3 is 0 Å². The van der Waals surface area contributed by atoms with Crippen molar-refractivity contribution >= 4 is 5.91 Å². The van der Waals surface area contributed by atoms with Crippen LogP contribution in [-0.4, -0.2) is 49.0 Å². The summed E-state index contributed by atoms with van der Waals surface area (Å²) in [5, 5.41) is 0. The van der Waals surface area contributed by atoms with Crippen LogP contribution >= 0.6 is 0 Å². The van der Waals surface area contributed by atoms with E-state index >= 15 is 0 Å². The van der Waals surface area contributed by atoms with Crippen LogP contribution in [0.2, 0.25) is 0 Å². The molecule has 4 nitrogen and oxygen atoms in total. The molecule has 31 heavy (non-hydrogen) atoms. The van der Waals surface area contributed by atoms with E-state index in [4.69, 9.17) is 4.74 Å². The van der Waals surface area contributed by atoms with Crippen molar-refractivity contribution in [3.05, 3.63) is 65.7 Å². The monoisotopic (exact) mass is 422 g/mol. The average molecular weight is 423 g/mol. The molecule has 1 fully saturated rings. The Morgan fingerprint density at radius 1 is 1.13 bits per heavy atom. The smallest absolute Gasteiger partial charge is 0.222 e. The number of carbonyl (C=O) groups excluding carboxylic acids is 1. The van der Waals surface area contributed by atoms with Crippen LogP contribution in [0.25, 0.3) is 0 Å². The lowest BCUT2D eigenvalue weighted by Gasteiger charge is -2.50. The number of likely N-dealkylation sites (tertiary alicyclic amines) is 1. The lowest BCUT2D eigenvalue weighted by Crippen LogP contribution is -2.52. The van der Waals surface area contributed by atoms with Gasteiger partial charge in [-0.25, -0.2) is 0 Å². The van der Waals surface area contributed by atoms with E-state index in [1.807, 2.05) is 24.0 Å². The van der Waals surface area contributed by atoms with Crippen molar-refractivity contribution in [2.75, 3.05) is 27.2 Å². The maximum absolute atomic E-state index is 12.8. The highest BCUT2D eigenvalue weighted by molar-refractivity contribution is 5.75. The van der Waals surface area contributed by atoms with Crippen molar-refractivity contribution in [2.45, 2.75) is 58.0 Å². The number of methoxy groups -OCH3 is 1.